The average Bonchev–Trinajstić information content (AvgIpc) is 2.77. The van der Waals surface area contributed by atoms with Crippen molar-refractivity contribution in [3.63, 3.8) is 0 Å². The average molecular weight is 219 g/mol. The Labute approximate surface area is 95.8 Å². The van der Waals surface area contributed by atoms with E-state index in [-0.39, 0.29) is 17.9 Å². The zero-order valence-electron chi connectivity index (χ0n) is 9.69. The molecule has 2 rings (SSSR count). The van der Waals surface area contributed by atoms with Crippen molar-refractivity contribution in [2.45, 2.75) is 19.4 Å². The van der Waals surface area contributed by atoms with Crippen LogP contribution in [0.25, 0.3) is 0 Å². The van der Waals surface area contributed by atoms with Gasteiger partial charge in [0.2, 0.25) is 0 Å². The first kappa shape index (κ1) is 11.1. The van der Waals surface area contributed by atoms with E-state index in [2.05, 4.69) is 24.4 Å². The lowest BCUT2D eigenvalue weighted by Crippen LogP contribution is -2.25. The summed E-state index contributed by atoms with van der Waals surface area (Å²) in [6.07, 6.45) is 0.853. The molecule has 0 spiro atoms. The van der Waals surface area contributed by atoms with Gasteiger partial charge in [-0.15, -0.1) is 0 Å². The molecule has 3 nitrogen and oxygen atoms in total. The lowest BCUT2D eigenvalue weighted by molar-refractivity contribution is -0.145. The Balaban J connectivity index is 2.27. The van der Waals surface area contributed by atoms with Gasteiger partial charge in [-0.25, -0.2) is 0 Å². The van der Waals surface area contributed by atoms with Crippen molar-refractivity contribution in [3.05, 3.63) is 35.4 Å². The first-order valence-electron chi connectivity index (χ1n) is 5.61. The van der Waals surface area contributed by atoms with Gasteiger partial charge >= 0.3 is 5.97 Å². The van der Waals surface area contributed by atoms with Gasteiger partial charge in [0, 0.05) is 6.04 Å². The summed E-state index contributed by atoms with van der Waals surface area (Å²) in [4.78, 5) is 11.6. The van der Waals surface area contributed by atoms with Gasteiger partial charge in [0.05, 0.1) is 13.0 Å². The fourth-order valence-corrected chi connectivity index (χ4v) is 2.37. The maximum absolute atomic E-state index is 11.6. The highest BCUT2D eigenvalue weighted by Crippen LogP contribution is 2.31. The van der Waals surface area contributed by atoms with Gasteiger partial charge < -0.3 is 10.1 Å². The molecule has 0 radical (unpaired) electrons. The molecule has 1 fully saturated rings. The van der Waals surface area contributed by atoms with Crippen molar-refractivity contribution in [1.29, 1.82) is 0 Å². The van der Waals surface area contributed by atoms with Gasteiger partial charge in [-0.1, -0.05) is 24.3 Å². The van der Waals surface area contributed by atoms with Gasteiger partial charge in [0.15, 0.2) is 0 Å². The maximum atomic E-state index is 11.6. The Kier molecular flexibility index (Phi) is 3.25. The Morgan fingerprint density at radius 2 is 2.19 bits per heavy atom. The molecular formula is C13H17NO2. The highest BCUT2D eigenvalue weighted by molar-refractivity contribution is 5.74. The van der Waals surface area contributed by atoms with Crippen LogP contribution in [-0.4, -0.2) is 19.6 Å². The molecular weight excluding hydrogens is 202 g/mol. The van der Waals surface area contributed by atoms with Crippen LogP contribution in [0.15, 0.2) is 24.3 Å². The van der Waals surface area contributed by atoms with Crippen LogP contribution in [0.3, 0.4) is 0 Å². The highest BCUT2D eigenvalue weighted by Gasteiger charge is 2.34. The predicted octanol–water partition coefficient (Wildman–Crippen LogP) is 1.82. The third kappa shape index (κ3) is 1.95. The van der Waals surface area contributed by atoms with Crippen molar-refractivity contribution in [1.82, 2.24) is 5.32 Å². The number of esters is 1. The van der Waals surface area contributed by atoms with E-state index < -0.39 is 0 Å². The summed E-state index contributed by atoms with van der Waals surface area (Å²) < 4.78 is 4.85. The summed E-state index contributed by atoms with van der Waals surface area (Å²) in [6.45, 7) is 2.95. The number of methoxy groups -OCH3 is 1. The minimum atomic E-state index is -0.113. The maximum Gasteiger partial charge on any atom is 0.310 e. The summed E-state index contributed by atoms with van der Waals surface area (Å²) in [5.74, 6) is -0.163. The van der Waals surface area contributed by atoms with E-state index in [4.69, 9.17) is 4.74 Å². The first-order valence-corrected chi connectivity index (χ1v) is 5.61. The number of carbonyl (C=O) groups is 1. The van der Waals surface area contributed by atoms with Crippen LogP contribution in [0.5, 0.6) is 0 Å². The number of hydrogen-bond donors (Lipinski definition) is 1. The van der Waals surface area contributed by atoms with Crippen LogP contribution >= 0.6 is 0 Å². The molecule has 1 aromatic rings. The zero-order chi connectivity index (χ0) is 11.5. The van der Waals surface area contributed by atoms with Crippen LogP contribution in [0.1, 0.15) is 23.6 Å². The van der Waals surface area contributed by atoms with E-state index in [1.54, 1.807) is 0 Å². The topological polar surface area (TPSA) is 38.3 Å². The normalized spacial score (nSPS) is 24.4. The first-order chi connectivity index (χ1) is 7.74. The van der Waals surface area contributed by atoms with Crippen molar-refractivity contribution >= 4 is 5.97 Å². The lowest BCUT2D eigenvalue weighted by Gasteiger charge is -2.19. The third-order valence-corrected chi connectivity index (χ3v) is 3.25. The van der Waals surface area contributed by atoms with Crippen molar-refractivity contribution in [2.75, 3.05) is 13.7 Å². The van der Waals surface area contributed by atoms with E-state index in [9.17, 15) is 4.79 Å². The number of carbonyl (C=O) groups excluding carboxylic acids is 1. The van der Waals surface area contributed by atoms with E-state index in [1.807, 2.05) is 12.1 Å². The molecule has 1 aromatic carbocycles. The molecule has 0 amide bonds. The van der Waals surface area contributed by atoms with Gasteiger partial charge in [-0.2, -0.15) is 0 Å². The van der Waals surface area contributed by atoms with E-state index in [0.717, 1.165) is 13.0 Å². The smallest absolute Gasteiger partial charge is 0.310 e. The van der Waals surface area contributed by atoms with Crippen molar-refractivity contribution in [2.24, 2.45) is 5.92 Å². The molecule has 0 unspecified atom stereocenters. The molecule has 0 saturated carbocycles. The number of aryl methyl sites for hydroxylation is 1. The van der Waals surface area contributed by atoms with E-state index in [0.29, 0.717) is 0 Å². The Bertz CT molecular complexity index is 389. The molecule has 1 aliphatic heterocycles. The lowest BCUT2D eigenvalue weighted by atomic mass is 9.91. The minimum Gasteiger partial charge on any atom is -0.469 e. The SMILES string of the molecule is COC(=O)[C@H]1CCN[C@H]1c1ccccc1C. The monoisotopic (exact) mass is 219 g/mol. The molecule has 1 aliphatic rings. The molecule has 0 aliphatic carbocycles. The standard InChI is InChI=1S/C13H17NO2/c1-9-5-3-4-6-10(9)12-11(7-8-14-12)13(15)16-2/h3-6,11-12,14H,7-8H2,1-2H3/t11-,12-/m0/s1. The van der Waals surface area contributed by atoms with Crippen LogP contribution < -0.4 is 5.32 Å². The molecule has 0 aromatic heterocycles. The van der Waals surface area contributed by atoms with Crippen LogP contribution in [0.4, 0.5) is 0 Å². The summed E-state index contributed by atoms with van der Waals surface area (Å²) >= 11 is 0. The highest BCUT2D eigenvalue weighted by atomic mass is 16.5. The molecule has 0 bridgehead atoms. The Morgan fingerprint density at radius 3 is 2.88 bits per heavy atom. The van der Waals surface area contributed by atoms with E-state index in [1.165, 1.54) is 18.2 Å². The summed E-state index contributed by atoms with van der Waals surface area (Å²) in [7, 11) is 1.45. The molecule has 3 heteroatoms. The largest absolute Gasteiger partial charge is 0.469 e. The number of benzene rings is 1. The summed E-state index contributed by atoms with van der Waals surface area (Å²) in [6, 6.07) is 8.28. The van der Waals surface area contributed by atoms with Crippen LogP contribution in [-0.2, 0) is 9.53 Å². The summed E-state index contributed by atoms with van der Waals surface area (Å²) in [5.41, 5.74) is 2.42. The number of ether oxygens (including phenoxy) is 1. The van der Waals surface area contributed by atoms with Gasteiger partial charge in [0.25, 0.3) is 0 Å². The second kappa shape index (κ2) is 4.66. The second-order valence-corrected chi connectivity index (χ2v) is 4.21. The summed E-state index contributed by atoms with van der Waals surface area (Å²) in [5, 5.41) is 3.38. The number of hydrogen-bond acceptors (Lipinski definition) is 3. The molecule has 16 heavy (non-hydrogen) atoms. The van der Waals surface area contributed by atoms with Crippen molar-refractivity contribution in [3.8, 4) is 0 Å². The van der Waals surface area contributed by atoms with Crippen molar-refractivity contribution < 1.29 is 9.53 Å². The molecule has 86 valence electrons. The zero-order valence-corrected chi connectivity index (χ0v) is 9.69. The second-order valence-electron chi connectivity index (χ2n) is 4.21. The fourth-order valence-electron chi connectivity index (χ4n) is 2.37. The Hall–Kier alpha value is -1.35. The van der Waals surface area contributed by atoms with Crippen LogP contribution in [0, 0.1) is 12.8 Å². The van der Waals surface area contributed by atoms with Gasteiger partial charge in [-0.05, 0) is 31.0 Å². The predicted molar refractivity (Wildman–Crippen MR) is 62.0 cm³/mol. The quantitative estimate of drug-likeness (QED) is 0.771. The molecule has 1 saturated heterocycles. The third-order valence-electron chi connectivity index (χ3n) is 3.25. The molecule has 1 heterocycles. The minimum absolute atomic E-state index is 0.0499. The van der Waals surface area contributed by atoms with E-state index >= 15 is 0 Å². The van der Waals surface area contributed by atoms with Crippen LogP contribution in [0.2, 0.25) is 0 Å². The number of nitrogens with one attached hydrogen (secondary N) is 1. The van der Waals surface area contributed by atoms with Gasteiger partial charge in [0.1, 0.15) is 0 Å². The van der Waals surface area contributed by atoms with Gasteiger partial charge in [-0.3, -0.25) is 4.79 Å². The Morgan fingerprint density at radius 1 is 1.44 bits per heavy atom. The fraction of sp³-hybridized carbons (Fsp3) is 0.462. The number of rotatable bonds is 2. The molecule has 1 N–H and O–H groups in total. The molecule has 2 atom stereocenters.